The van der Waals surface area contributed by atoms with Gasteiger partial charge in [-0.15, -0.1) is 0 Å². The van der Waals surface area contributed by atoms with Gasteiger partial charge in [0.1, 0.15) is 11.6 Å². The predicted molar refractivity (Wildman–Crippen MR) is 85.7 cm³/mol. The van der Waals surface area contributed by atoms with E-state index in [-0.39, 0.29) is 17.2 Å². The minimum absolute atomic E-state index is 0.0135. The Morgan fingerprint density at radius 2 is 2.26 bits per heavy atom. The molecular weight excluding hydrogens is 292 g/mol. The number of nitrogens with zero attached hydrogens (tertiary/aromatic N) is 4. The normalized spacial score (nSPS) is 17.8. The van der Waals surface area contributed by atoms with Crippen molar-refractivity contribution in [2.24, 2.45) is 5.92 Å². The highest BCUT2D eigenvalue weighted by Crippen LogP contribution is 2.21. The molecule has 0 aromatic carbocycles. The van der Waals surface area contributed by atoms with Gasteiger partial charge < -0.3 is 9.88 Å². The van der Waals surface area contributed by atoms with E-state index in [1.807, 2.05) is 13.1 Å². The lowest BCUT2D eigenvalue weighted by atomic mass is 9.96. The molecule has 1 aliphatic rings. The van der Waals surface area contributed by atoms with Crippen LogP contribution < -0.4 is 5.32 Å². The van der Waals surface area contributed by atoms with Crippen molar-refractivity contribution in [3.8, 4) is 0 Å². The van der Waals surface area contributed by atoms with Crippen molar-refractivity contribution >= 4 is 5.91 Å². The number of H-pyrrole nitrogens is 1. The molecule has 1 atom stereocenters. The number of amides is 1. The third-order valence-electron chi connectivity index (χ3n) is 4.29. The first-order valence-corrected chi connectivity index (χ1v) is 8.05. The highest BCUT2D eigenvalue weighted by molar-refractivity contribution is 5.78. The second-order valence-corrected chi connectivity index (χ2v) is 7.22. The molecule has 2 aromatic heterocycles. The minimum atomic E-state index is -0.0997. The van der Waals surface area contributed by atoms with Crippen molar-refractivity contribution in [1.82, 2.24) is 30.0 Å². The first kappa shape index (κ1) is 15.7. The molecule has 0 radical (unpaired) electrons. The summed E-state index contributed by atoms with van der Waals surface area (Å²) >= 11 is 0. The molecule has 0 saturated carbocycles. The number of rotatable bonds is 3. The Morgan fingerprint density at radius 1 is 1.48 bits per heavy atom. The number of imidazole rings is 1. The smallest absolute Gasteiger partial charge is 0.225 e. The first-order chi connectivity index (χ1) is 10.8. The van der Waals surface area contributed by atoms with Crippen LogP contribution in [0, 0.1) is 12.8 Å². The van der Waals surface area contributed by atoms with Gasteiger partial charge in [0.25, 0.3) is 0 Å². The van der Waals surface area contributed by atoms with Crippen LogP contribution in [0.4, 0.5) is 0 Å². The zero-order valence-corrected chi connectivity index (χ0v) is 14.2. The van der Waals surface area contributed by atoms with Gasteiger partial charge in [0, 0.05) is 23.9 Å². The first-order valence-electron chi connectivity index (χ1n) is 8.05. The van der Waals surface area contributed by atoms with Crippen LogP contribution in [0.15, 0.2) is 6.20 Å². The predicted octanol–water partition coefficient (Wildman–Crippen LogP) is 1.49. The second kappa shape index (κ2) is 5.79. The lowest BCUT2D eigenvalue weighted by Crippen LogP contribution is -2.36. The maximum atomic E-state index is 12.4. The fraction of sp³-hybridized carbons (Fsp3) is 0.625. The van der Waals surface area contributed by atoms with E-state index in [1.165, 1.54) is 5.69 Å². The molecule has 0 spiro atoms. The van der Waals surface area contributed by atoms with Crippen molar-refractivity contribution < 1.29 is 4.79 Å². The molecule has 1 amide bonds. The van der Waals surface area contributed by atoms with E-state index in [2.05, 4.69) is 50.8 Å². The molecule has 124 valence electrons. The number of aryl methyl sites for hydroxylation is 2. The van der Waals surface area contributed by atoms with Gasteiger partial charge >= 0.3 is 0 Å². The Bertz CT molecular complexity index is 708. The fourth-order valence-electron chi connectivity index (χ4n) is 2.84. The van der Waals surface area contributed by atoms with E-state index in [1.54, 1.807) is 0 Å². The Kier molecular flexibility index (Phi) is 3.95. The van der Waals surface area contributed by atoms with E-state index < -0.39 is 0 Å². The number of nitrogens with one attached hydrogen (secondary N) is 2. The maximum Gasteiger partial charge on any atom is 0.225 e. The Balaban J connectivity index is 1.58. The molecule has 0 saturated heterocycles. The Hall–Kier alpha value is -2.18. The molecule has 3 rings (SSSR count). The van der Waals surface area contributed by atoms with Gasteiger partial charge in [-0.1, -0.05) is 20.8 Å². The minimum Gasteiger partial charge on any atom is -0.349 e. The molecule has 1 aliphatic heterocycles. The second-order valence-electron chi connectivity index (χ2n) is 7.22. The lowest BCUT2D eigenvalue weighted by Gasteiger charge is -2.24. The monoisotopic (exact) mass is 316 g/mol. The molecule has 0 aliphatic carbocycles. The van der Waals surface area contributed by atoms with Gasteiger partial charge in [-0.2, -0.15) is 5.10 Å². The van der Waals surface area contributed by atoms with E-state index in [4.69, 9.17) is 0 Å². The molecule has 2 N–H and O–H groups in total. The highest BCUT2D eigenvalue weighted by atomic mass is 16.1. The molecular formula is C16H24N6O. The van der Waals surface area contributed by atoms with Crippen LogP contribution in [0.1, 0.15) is 50.4 Å². The summed E-state index contributed by atoms with van der Waals surface area (Å²) in [6.45, 7) is 9.25. The zero-order chi connectivity index (χ0) is 16.6. The molecule has 2 aromatic rings. The summed E-state index contributed by atoms with van der Waals surface area (Å²) in [5, 5.41) is 10.1. The summed E-state index contributed by atoms with van der Waals surface area (Å²) in [5.74, 6) is 2.48. The van der Waals surface area contributed by atoms with Crippen LogP contribution in [-0.4, -0.2) is 30.6 Å². The van der Waals surface area contributed by atoms with Crippen molar-refractivity contribution in [2.45, 2.75) is 59.0 Å². The Morgan fingerprint density at radius 3 is 2.96 bits per heavy atom. The molecule has 23 heavy (non-hydrogen) atoms. The summed E-state index contributed by atoms with van der Waals surface area (Å²) in [5.41, 5.74) is 1.12. The number of carbonyl (C=O) groups excluding carboxylic acids is 1. The average Bonchev–Trinajstić information content (AvgIpc) is 3.11. The standard InChI is InChI=1S/C16H24N6O/c1-10-17-7-12-6-5-11(9-22(10)12)14(23)18-8-13-19-15(21-20-13)16(2,3)4/h7,11H,5-6,8-9H2,1-4H3,(H,18,23)(H,19,20,21). The summed E-state index contributed by atoms with van der Waals surface area (Å²) in [7, 11) is 0. The highest BCUT2D eigenvalue weighted by Gasteiger charge is 2.26. The van der Waals surface area contributed by atoms with Gasteiger partial charge in [-0.25, -0.2) is 9.97 Å². The molecule has 0 fully saturated rings. The number of hydrogen-bond acceptors (Lipinski definition) is 4. The number of aromatic nitrogens is 5. The molecule has 1 unspecified atom stereocenters. The van der Waals surface area contributed by atoms with Crippen LogP contribution in [0.25, 0.3) is 0 Å². The van der Waals surface area contributed by atoms with Crippen molar-refractivity contribution in [1.29, 1.82) is 0 Å². The van der Waals surface area contributed by atoms with Gasteiger partial charge in [0.2, 0.25) is 5.91 Å². The number of fused-ring (bicyclic) bond motifs is 1. The van der Waals surface area contributed by atoms with Gasteiger partial charge in [0.15, 0.2) is 5.82 Å². The quantitative estimate of drug-likeness (QED) is 0.898. The largest absolute Gasteiger partial charge is 0.349 e. The fourth-order valence-corrected chi connectivity index (χ4v) is 2.84. The van der Waals surface area contributed by atoms with E-state index >= 15 is 0 Å². The third-order valence-corrected chi connectivity index (χ3v) is 4.29. The summed E-state index contributed by atoms with van der Waals surface area (Å²) in [4.78, 5) is 21.2. The SMILES string of the molecule is Cc1ncc2n1CC(C(=O)NCc1nc(C(C)(C)C)n[nH]1)CC2. The van der Waals surface area contributed by atoms with Crippen LogP contribution in [-0.2, 0) is 29.7 Å². The van der Waals surface area contributed by atoms with Crippen LogP contribution in [0.2, 0.25) is 0 Å². The van der Waals surface area contributed by atoms with Crippen molar-refractivity contribution in [2.75, 3.05) is 0 Å². The van der Waals surface area contributed by atoms with Gasteiger partial charge in [-0.05, 0) is 19.8 Å². The van der Waals surface area contributed by atoms with Crippen molar-refractivity contribution in [3.05, 3.63) is 29.4 Å². The van der Waals surface area contributed by atoms with Gasteiger partial charge in [0.05, 0.1) is 12.5 Å². The van der Waals surface area contributed by atoms with Crippen LogP contribution in [0.5, 0.6) is 0 Å². The van der Waals surface area contributed by atoms with E-state index in [0.29, 0.717) is 18.9 Å². The van der Waals surface area contributed by atoms with Crippen LogP contribution >= 0.6 is 0 Å². The summed E-state index contributed by atoms with van der Waals surface area (Å²) in [6.07, 6.45) is 3.67. The Labute approximate surface area is 135 Å². The van der Waals surface area contributed by atoms with E-state index in [0.717, 1.165) is 24.5 Å². The third kappa shape index (κ3) is 3.28. The van der Waals surface area contributed by atoms with E-state index in [9.17, 15) is 4.79 Å². The molecule has 7 heteroatoms. The number of carbonyl (C=O) groups is 1. The van der Waals surface area contributed by atoms with Gasteiger partial charge in [-0.3, -0.25) is 9.89 Å². The molecule has 7 nitrogen and oxygen atoms in total. The summed E-state index contributed by atoms with van der Waals surface area (Å²) in [6, 6.07) is 0. The number of hydrogen-bond donors (Lipinski definition) is 2. The average molecular weight is 316 g/mol. The van der Waals surface area contributed by atoms with Crippen molar-refractivity contribution in [3.63, 3.8) is 0 Å². The lowest BCUT2D eigenvalue weighted by molar-refractivity contribution is -0.126. The zero-order valence-electron chi connectivity index (χ0n) is 14.2. The number of aromatic amines is 1. The van der Waals surface area contributed by atoms with Crippen LogP contribution in [0.3, 0.4) is 0 Å². The summed E-state index contributed by atoms with van der Waals surface area (Å²) < 4.78 is 2.14. The maximum absolute atomic E-state index is 12.4. The molecule has 0 bridgehead atoms. The topological polar surface area (TPSA) is 88.5 Å². The molecule has 3 heterocycles.